The largest absolute Gasteiger partial charge is 0.374 e. The Kier molecular flexibility index (Phi) is 4.86. The summed E-state index contributed by atoms with van der Waals surface area (Å²) in [5, 5.41) is 10.8. The number of benzene rings is 1. The van der Waals surface area contributed by atoms with Gasteiger partial charge in [0.05, 0.1) is 0 Å². The molecule has 2 heteroatoms. The molecule has 0 bridgehead atoms. The minimum Gasteiger partial charge on any atom is -0.374 e. The van der Waals surface area contributed by atoms with Crippen LogP contribution in [0.3, 0.4) is 0 Å². The third-order valence-corrected chi connectivity index (χ3v) is 2.65. The summed E-state index contributed by atoms with van der Waals surface area (Å²) in [6.07, 6.45) is 3.03. The summed E-state index contributed by atoms with van der Waals surface area (Å²) in [5.74, 6) is 5.90. The molecule has 0 spiro atoms. The van der Waals surface area contributed by atoms with Gasteiger partial charge in [0.1, 0.15) is 5.60 Å². The molecule has 0 aromatic heterocycles. The monoisotopic (exact) mass is 236 g/mol. The second-order valence-corrected chi connectivity index (χ2v) is 4.42. The second kappa shape index (κ2) is 5.94. The molecule has 16 heavy (non-hydrogen) atoms. The van der Waals surface area contributed by atoms with Crippen molar-refractivity contribution >= 4 is 11.6 Å². The van der Waals surface area contributed by atoms with Crippen molar-refractivity contribution in [3.05, 3.63) is 34.9 Å². The molecular formula is C14H17ClO. The fraction of sp³-hybridized carbons (Fsp3) is 0.429. The van der Waals surface area contributed by atoms with Crippen LogP contribution < -0.4 is 0 Å². The minimum absolute atomic E-state index is 0.665. The number of rotatable bonds is 3. The molecule has 0 radical (unpaired) electrons. The Labute approximate surface area is 102 Å². The van der Waals surface area contributed by atoms with Gasteiger partial charge in [-0.05, 0) is 31.0 Å². The molecular weight excluding hydrogens is 220 g/mol. The van der Waals surface area contributed by atoms with E-state index in [4.69, 9.17) is 11.6 Å². The van der Waals surface area contributed by atoms with Gasteiger partial charge in [0, 0.05) is 11.4 Å². The topological polar surface area (TPSA) is 20.2 Å². The van der Waals surface area contributed by atoms with Gasteiger partial charge in [-0.3, -0.25) is 0 Å². The average Bonchev–Trinajstić information content (AvgIpc) is 2.25. The van der Waals surface area contributed by atoms with Crippen molar-refractivity contribution in [2.45, 2.75) is 38.7 Å². The summed E-state index contributed by atoms with van der Waals surface area (Å²) in [5.41, 5.74) is -0.306. The highest BCUT2D eigenvalue weighted by atomic mass is 35.5. The standard InChI is InChI=1S/C14H17ClO/c1-3-4-5-6-11-14(2,16)12-7-9-13(15)10-8-12/h7-10,16H,3-5H2,1-2H3. The quantitative estimate of drug-likeness (QED) is 0.626. The predicted octanol–water partition coefficient (Wildman–Crippen LogP) is 3.74. The number of aliphatic hydroxyl groups is 1. The molecule has 1 aromatic rings. The van der Waals surface area contributed by atoms with E-state index in [2.05, 4.69) is 18.8 Å². The Morgan fingerprint density at radius 2 is 1.94 bits per heavy atom. The third-order valence-electron chi connectivity index (χ3n) is 2.39. The van der Waals surface area contributed by atoms with Crippen molar-refractivity contribution in [3.8, 4) is 11.8 Å². The van der Waals surface area contributed by atoms with E-state index in [1.54, 1.807) is 31.2 Å². The fourth-order valence-corrected chi connectivity index (χ4v) is 1.47. The normalized spacial score (nSPS) is 13.8. The molecule has 1 nitrogen and oxygen atoms in total. The summed E-state index contributed by atoms with van der Waals surface area (Å²) in [6.45, 7) is 3.83. The second-order valence-electron chi connectivity index (χ2n) is 3.98. The maximum atomic E-state index is 10.2. The lowest BCUT2D eigenvalue weighted by molar-refractivity contribution is 0.122. The maximum absolute atomic E-state index is 10.2. The van der Waals surface area contributed by atoms with Crippen LogP contribution in [0.1, 0.15) is 38.7 Å². The molecule has 1 aromatic carbocycles. The van der Waals surface area contributed by atoms with Gasteiger partial charge in [0.25, 0.3) is 0 Å². The number of hydrogen-bond donors (Lipinski definition) is 1. The first-order chi connectivity index (χ1) is 7.56. The van der Waals surface area contributed by atoms with Crippen molar-refractivity contribution in [1.29, 1.82) is 0 Å². The zero-order valence-corrected chi connectivity index (χ0v) is 10.5. The van der Waals surface area contributed by atoms with E-state index in [1.807, 2.05) is 0 Å². The number of hydrogen-bond acceptors (Lipinski definition) is 1. The highest BCUT2D eigenvalue weighted by Gasteiger charge is 2.19. The van der Waals surface area contributed by atoms with Crippen LogP contribution in [0.25, 0.3) is 0 Å². The zero-order chi connectivity index (χ0) is 12.0. The summed E-state index contributed by atoms with van der Waals surface area (Å²) in [7, 11) is 0. The summed E-state index contributed by atoms with van der Waals surface area (Å²) >= 11 is 5.79. The van der Waals surface area contributed by atoms with Gasteiger partial charge in [0.15, 0.2) is 0 Å². The molecule has 0 saturated heterocycles. The van der Waals surface area contributed by atoms with Crippen LogP contribution in [0.15, 0.2) is 24.3 Å². The van der Waals surface area contributed by atoms with E-state index < -0.39 is 5.60 Å². The van der Waals surface area contributed by atoms with Gasteiger partial charge < -0.3 is 5.11 Å². The van der Waals surface area contributed by atoms with Crippen LogP contribution in [-0.2, 0) is 5.60 Å². The highest BCUT2D eigenvalue weighted by molar-refractivity contribution is 6.30. The van der Waals surface area contributed by atoms with Crippen molar-refractivity contribution in [2.24, 2.45) is 0 Å². The maximum Gasteiger partial charge on any atom is 0.148 e. The van der Waals surface area contributed by atoms with Crippen molar-refractivity contribution in [1.82, 2.24) is 0 Å². The van der Waals surface area contributed by atoms with E-state index >= 15 is 0 Å². The molecule has 0 aliphatic carbocycles. The Morgan fingerprint density at radius 1 is 1.31 bits per heavy atom. The van der Waals surface area contributed by atoms with Gasteiger partial charge in [-0.15, -0.1) is 0 Å². The van der Waals surface area contributed by atoms with E-state index in [0.29, 0.717) is 5.02 Å². The van der Waals surface area contributed by atoms with Gasteiger partial charge in [0.2, 0.25) is 0 Å². The Hall–Kier alpha value is -0.970. The van der Waals surface area contributed by atoms with Crippen LogP contribution in [0.4, 0.5) is 0 Å². The van der Waals surface area contributed by atoms with Crippen LogP contribution in [0, 0.1) is 11.8 Å². The fourth-order valence-electron chi connectivity index (χ4n) is 1.35. The van der Waals surface area contributed by atoms with Crippen molar-refractivity contribution in [3.63, 3.8) is 0 Å². The van der Waals surface area contributed by atoms with Gasteiger partial charge in [-0.25, -0.2) is 0 Å². The Morgan fingerprint density at radius 3 is 2.50 bits per heavy atom. The molecule has 1 unspecified atom stereocenters. The van der Waals surface area contributed by atoms with Crippen molar-refractivity contribution in [2.75, 3.05) is 0 Å². The van der Waals surface area contributed by atoms with E-state index in [1.165, 1.54) is 0 Å². The number of unbranched alkanes of at least 4 members (excludes halogenated alkanes) is 2. The Balaban J connectivity index is 2.75. The average molecular weight is 237 g/mol. The van der Waals surface area contributed by atoms with Crippen molar-refractivity contribution < 1.29 is 5.11 Å². The molecule has 0 fully saturated rings. The summed E-state index contributed by atoms with van der Waals surface area (Å²) < 4.78 is 0. The summed E-state index contributed by atoms with van der Waals surface area (Å²) in [6, 6.07) is 7.13. The van der Waals surface area contributed by atoms with E-state index in [-0.39, 0.29) is 0 Å². The smallest absolute Gasteiger partial charge is 0.148 e. The molecule has 1 N–H and O–H groups in total. The molecule has 0 amide bonds. The molecule has 0 aliphatic rings. The lowest BCUT2D eigenvalue weighted by Gasteiger charge is -2.16. The molecule has 1 rings (SSSR count). The van der Waals surface area contributed by atoms with Crippen LogP contribution >= 0.6 is 11.6 Å². The molecule has 0 saturated carbocycles. The predicted molar refractivity (Wildman–Crippen MR) is 68.3 cm³/mol. The third kappa shape index (κ3) is 3.89. The molecule has 0 heterocycles. The first kappa shape index (κ1) is 13.1. The van der Waals surface area contributed by atoms with Gasteiger partial charge in [-0.2, -0.15) is 0 Å². The van der Waals surface area contributed by atoms with Crippen LogP contribution in [0.5, 0.6) is 0 Å². The minimum atomic E-state index is -1.08. The van der Waals surface area contributed by atoms with Gasteiger partial charge >= 0.3 is 0 Å². The number of halogens is 1. The Bertz CT molecular complexity index is 381. The van der Waals surface area contributed by atoms with Crippen LogP contribution in [0.2, 0.25) is 5.02 Å². The molecule has 0 aliphatic heterocycles. The SMILES string of the molecule is CCCCC#CC(C)(O)c1ccc(Cl)cc1. The summed E-state index contributed by atoms with van der Waals surface area (Å²) in [4.78, 5) is 0. The lowest BCUT2D eigenvalue weighted by Crippen LogP contribution is -2.18. The van der Waals surface area contributed by atoms with E-state index in [9.17, 15) is 5.11 Å². The first-order valence-electron chi connectivity index (χ1n) is 5.54. The van der Waals surface area contributed by atoms with E-state index in [0.717, 1.165) is 24.8 Å². The lowest BCUT2D eigenvalue weighted by atomic mass is 9.96. The zero-order valence-electron chi connectivity index (χ0n) is 9.76. The first-order valence-corrected chi connectivity index (χ1v) is 5.92. The van der Waals surface area contributed by atoms with Crippen LogP contribution in [-0.4, -0.2) is 5.11 Å². The molecule has 86 valence electrons. The molecule has 1 atom stereocenters. The van der Waals surface area contributed by atoms with Gasteiger partial charge in [-0.1, -0.05) is 48.9 Å². The highest BCUT2D eigenvalue weighted by Crippen LogP contribution is 2.21.